The first-order valence-corrected chi connectivity index (χ1v) is 24.1. The molecule has 2 unspecified atom stereocenters. The Labute approximate surface area is 367 Å². The number of para-hydroxylation sites is 1. The van der Waals surface area contributed by atoms with E-state index in [2.05, 4.69) is 26.8 Å². The minimum atomic E-state index is -4.03. The maximum atomic E-state index is 14.5. The Morgan fingerprint density at radius 2 is 1.76 bits per heavy atom. The number of amides is 4. The van der Waals surface area contributed by atoms with Crippen LogP contribution in [0.5, 0.6) is 11.6 Å². The van der Waals surface area contributed by atoms with Gasteiger partial charge in [0, 0.05) is 24.3 Å². The molecule has 4 fully saturated rings. The highest BCUT2D eigenvalue weighted by atomic mass is 32.2. The van der Waals surface area contributed by atoms with Gasteiger partial charge in [0.2, 0.25) is 27.7 Å². The van der Waals surface area contributed by atoms with Gasteiger partial charge in [-0.3, -0.25) is 24.0 Å². The smallest absolute Gasteiger partial charge is 0.405 e. The second kappa shape index (κ2) is 19.9. The molecule has 5 atom stereocenters. The molecular formula is C46H68N6O9S. The van der Waals surface area contributed by atoms with Crippen LogP contribution in [-0.2, 0) is 30.8 Å². The molecule has 4 amide bonds. The minimum Gasteiger partial charge on any atom is -0.491 e. The van der Waals surface area contributed by atoms with Gasteiger partial charge in [0.05, 0.1) is 22.4 Å². The molecule has 0 bridgehead atoms. The molecule has 2 saturated carbocycles. The lowest BCUT2D eigenvalue weighted by atomic mass is 9.85. The normalized spacial score (nSPS) is 21.7. The predicted molar refractivity (Wildman–Crippen MR) is 237 cm³/mol. The highest BCUT2D eigenvalue weighted by Crippen LogP contribution is 2.42. The molecule has 62 heavy (non-hydrogen) atoms. The van der Waals surface area contributed by atoms with Crippen molar-refractivity contribution in [1.82, 2.24) is 30.1 Å². The fourth-order valence-corrected chi connectivity index (χ4v) is 9.79. The largest absolute Gasteiger partial charge is 0.491 e. The number of sulfonamides is 1. The molecule has 3 heterocycles. The van der Waals surface area contributed by atoms with E-state index in [-0.39, 0.29) is 13.0 Å². The number of carboxylic acid groups (broad SMARTS) is 1. The minimum absolute atomic E-state index is 0.0187. The van der Waals surface area contributed by atoms with E-state index in [9.17, 15) is 32.7 Å². The van der Waals surface area contributed by atoms with Gasteiger partial charge in [0.25, 0.3) is 5.91 Å². The molecule has 2 saturated heterocycles. The first-order chi connectivity index (χ1) is 29.4. The summed E-state index contributed by atoms with van der Waals surface area (Å²) in [6.07, 6.45) is 11.2. The molecule has 16 heteroatoms. The predicted octanol–water partition coefficient (Wildman–Crippen LogP) is 5.95. The number of nitrogens with zero attached hydrogens (tertiary/aromatic N) is 3. The Bertz CT molecular complexity index is 2060. The SMILES string of the molecule is C=C[C@H](C)C(NC(=O)[C@@H]1CC(Oc2nc3ccccc3c(OCCN3CCCCC3)c2CCCCCC2CC2)CN1C(=O)[C@@H](NC(=O)O)C(C)(C)C)C(=O)NS(=O)(=O)C1(C)CC1. The number of hydrogen-bond donors (Lipinski definition) is 4. The number of unbranched alkanes of at least 4 members (excludes halogenated alkanes) is 2. The van der Waals surface area contributed by atoms with Crippen LogP contribution in [0.1, 0.15) is 117 Å². The van der Waals surface area contributed by atoms with E-state index in [1.807, 2.05) is 24.3 Å². The highest BCUT2D eigenvalue weighted by molar-refractivity contribution is 7.91. The van der Waals surface area contributed by atoms with Gasteiger partial charge in [-0.25, -0.2) is 18.2 Å². The number of benzene rings is 1. The summed E-state index contributed by atoms with van der Waals surface area (Å²) in [4.78, 5) is 63.3. The van der Waals surface area contributed by atoms with E-state index in [4.69, 9.17) is 14.5 Å². The standard InChI is InChI=1S/C46H68N6O9S/c1-7-30(2)37(41(54)50-62(58,59)46(6)22-23-46)48-40(53)36-28-32(29-52(36)43(55)39(45(3,4)5)49-44(56)57)61-42-34(18-11-8-10-16-31-20-21-31)38(33-17-12-13-19-35(33)47-42)60-27-26-51-24-14-9-15-25-51/h7,12-13,17,19,30-32,36-37,39,49H,1,8-11,14-16,18,20-29H2,2-6H3,(H,48,53)(H,50,54)(H,56,57)/t30-,32?,36-,37?,39+/m0/s1. The van der Waals surface area contributed by atoms with Crippen molar-refractivity contribution in [3.05, 3.63) is 42.5 Å². The number of carbonyl (C=O) groups is 4. The van der Waals surface area contributed by atoms with Crippen LogP contribution in [0, 0.1) is 17.3 Å². The van der Waals surface area contributed by atoms with Crippen molar-refractivity contribution in [3.63, 3.8) is 0 Å². The summed E-state index contributed by atoms with van der Waals surface area (Å²) < 4.78 is 40.8. The second-order valence-electron chi connectivity index (χ2n) is 19.3. The monoisotopic (exact) mass is 880 g/mol. The van der Waals surface area contributed by atoms with Crippen LogP contribution in [0.25, 0.3) is 10.9 Å². The number of fused-ring (bicyclic) bond motifs is 1. The summed E-state index contributed by atoms with van der Waals surface area (Å²) in [5.74, 6) is -1.07. The summed E-state index contributed by atoms with van der Waals surface area (Å²) in [5, 5.41) is 15.7. The number of likely N-dealkylation sites (tertiary alicyclic amines) is 2. The number of pyridine rings is 1. The lowest BCUT2D eigenvalue weighted by Gasteiger charge is -2.35. The molecule has 2 aromatic rings. The summed E-state index contributed by atoms with van der Waals surface area (Å²) in [5.41, 5.74) is 0.603. The summed E-state index contributed by atoms with van der Waals surface area (Å²) >= 11 is 0. The number of piperidine rings is 1. The number of ether oxygens (including phenoxy) is 2. The van der Waals surface area contributed by atoms with Crippen molar-refractivity contribution in [2.24, 2.45) is 17.3 Å². The van der Waals surface area contributed by atoms with Crippen LogP contribution in [0.4, 0.5) is 4.79 Å². The van der Waals surface area contributed by atoms with Crippen LogP contribution in [0.15, 0.2) is 36.9 Å². The molecule has 2 aliphatic heterocycles. The van der Waals surface area contributed by atoms with Gasteiger partial charge in [-0.05, 0) is 82.0 Å². The first kappa shape index (κ1) is 47.0. The molecule has 6 rings (SSSR count). The molecule has 4 aliphatic rings. The van der Waals surface area contributed by atoms with Gasteiger partial charge >= 0.3 is 6.09 Å². The van der Waals surface area contributed by atoms with Crippen LogP contribution in [0.2, 0.25) is 0 Å². The Balaban J connectivity index is 1.31. The number of nitrogens with one attached hydrogen (secondary N) is 3. The zero-order valence-corrected chi connectivity index (χ0v) is 38.1. The molecule has 1 aromatic carbocycles. The summed E-state index contributed by atoms with van der Waals surface area (Å²) in [6, 6.07) is 3.97. The lowest BCUT2D eigenvalue weighted by Crippen LogP contribution is -2.60. The average molecular weight is 881 g/mol. The van der Waals surface area contributed by atoms with Crippen LogP contribution < -0.4 is 24.8 Å². The van der Waals surface area contributed by atoms with Crippen molar-refractivity contribution in [1.29, 1.82) is 0 Å². The van der Waals surface area contributed by atoms with Gasteiger partial charge in [-0.2, -0.15) is 0 Å². The van der Waals surface area contributed by atoms with Gasteiger partial charge in [0.1, 0.15) is 36.6 Å². The number of aromatic nitrogens is 1. The third kappa shape index (κ3) is 11.8. The van der Waals surface area contributed by atoms with Crippen molar-refractivity contribution < 1.29 is 42.2 Å². The number of carbonyl (C=O) groups excluding carboxylic acids is 3. The van der Waals surface area contributed by atoms with Gasteiger partial charge < -0.3 is 30.1 Å². The van der Waals surface area contributed by atoms with E-state index < -0.39 is 74.1 Å². The Morgan fingerprint density at radius 3 is 2.40 bits per heavy atom. The van der Waals surface area contributed by atoms with Gasteiger partial charge in [0.15, 0.2) is 0 Å². The zero-order valence-electron chi connectivity index (χ0n) is 37.2. The molecule has 0 spiro atoms. The van der Waals surface area contributed by atoms with Gasteiger partial charge in [-0.1, -0.05) is 84.4 Å². The molecular weight excluding hydrogens is 813 g/mol. The topological polar surface area (TPSA) is 197 Å². The second-order valence-corrected chi connectivity index (χ2v) is 21.5. The van der Waals surface area contributed by atoms with Crippen LogP contribution >= 0.6 is 0 Å². The molecule has 15 nitrogen and oxygen atoms in total. The fraction of sp³-hybridized carbons (Fsp3) is 0.674. The van der Waals surface area contributed by atoms with E-state index >= 15 is 0 Å². The Kier molecular flexibility index (Phi) is 15.1. The van der Waals surface area contributed by atoms with Crippen LogP contribution in [0.3, 0.4) is 0 Å². The number of hydrogen-bond acceptors (Lipinski definition) is 10. The van der Waals surface area contributed by atoms with Gasteiger partial charge in [-0.15, -0.1) is 6.58 Å². The summed E-state index contributed by atoms with van der Waals surface area (Å²) in [7, 11) is -4.03. The zero-order chi connectivity index (χ0) is 44.8. The van der Waals surface area contributed by atoms with E-state index in [1.165, 1.54) is 49.5 Å². The van der Waals surface area contributed by atoms with E-state index in [0.29, 0.717) is 43.0 Å². The third-order valence-corrected chi connectivity index (χ3v) is 15.2. The fourth-order valence-electron chi connectivity index (χ4n) is 8.52. The first-order valence-electron chi connectivity index (χ1n) is 22.6. The average Bonchev–Trinajstić information content (AvgIpc) is 4.16. The van der Waals surface area contributed by atoms with Crippen molar-refractivity contribution >= 4 is 44.7 Å². The third-order valence-electron chi connectivity index (χ3n) is 13.1. The molecule has 1 aromatic heterocycles. The number of rotatable bonds is 21. The Morgan fingerprint density at radius 1 is 1.05 bits per heavy atom. The van der Waals surface area contributed by atoms with Crippen LogP contribution in [-0.4, -0.2) is 114 Å². The van der Waals surface area contributed by atoms with E-state index in [1.54, 1.807) is 34.6 Å². The lowest BCUT2D eigenvalue weighted by molar-refractivity contribution is -0.142. The van der Waals surface area contributed by atoms with Crippen molar-refractivity contribution in [2.75, 3.05) is 32.8 Å². The molecule has 0 radical (unpaired) electrons. The molecule has 2 aliphatic carbocycles. The summed E-state index contributed by atoms with van der Waals surface area (Å²) in [6.45, 7) is 15.4. The Hall–Kier alpha value is -4.44. The highest BCUT2D eigenvalue weighted by Gasteiger charge is 2.52. The van der Waals surface area contributed by atoms with Crippen molar-refractivity contribution in [2.45, 2.75) is 147 Å². The quantitative estimate of drug-likeness (QED) is 0.0855. The van der Waals surface area contributed by atoms with E-state index in [0.717, 1.165) is 55.8 Å². The molecule has 342 valence electrons. The van der Waals surface area contributed by atoms with Crippen molar-refractivity contribution in [3.8, 4) is 11.6 Å². The maximum absolute atomic E-state index is 14.5. The molecule has 4 N–H and O–H groups in total. The maximum Gasteiger partial charge on any atom is 0.405 e.